The molecule has 0 amide bonds. The first-order valence-electron chi connectivity index (χ1n) is 13.1. The van der Waals surface area contributed by atoms with Crippen molar-refractivity contribution >= 4 is 65.6 Å². The maximum absolute atomic E-state index is 6.64. The van der Waals surface area contributed by atoms with E-state index in [4.69, 9.17) is 8.83 Å². The Bertz CT molecular complexity index is 2370. The molecule has 0 radical (unpaired) electrons. The Morgan fingerprint density at radius 1 is 0.513 bits per heavy atom. The predicted molar refractivity (Wildman–Crippen MR) is 159 cm³/mol. The third kappa shape index (κ3) is 2.91. The smallest absolute Gasteiger partial charge is 0.227 e. The van der Waals surface area contributed by atoms with Crippen molar-refractivity contribution in [3.05, 3.63) is 121 Å². The van der Waals surface area contributed by atoms with Crippen molar-refractivity contribution in [3.63, 3.8) is 0 Å². The standard InChI is InChI=1S/C35H20N2O2/c1-2-9-22-19-31-27(18-21(22)8-1)24-10-3-5-13-29(24)37(31)30-14-7-11-26-25-17-16-23(20-33(25)38-34(26)30)35-36-28-12-4-6-15-32(28)39-35/h1-20H. The molecule has 9 aromatic rings. The van der Waals surface area contributed by atoms with Crippen LogP contribution < -0.4 is 0 Å². The van der Waals surface area contributed by atoms with Gasteiger partial charge in [-0.1, -0.05) is 66.7 Å². The summed E-state index contributed by atoms with van der Waals surface area (Å²) in [5.74, 6) is 0.591. The summed E-state index contributed by atoms with van der Waals surface area (Å²) in [6.07, 6.45) is 0. The molecule has 0 aliphatic carbocycles. The molecule has 0 saturated heterocycles. The van der Waals surface area contributed by atoms with Crippen molar-refractivity contribution in [2.75, 3.05) is 0 Å². The minimum Gasteiger partial charge on any atom is -0.454 e. The average Bonchev–Trinajstić information content (AvgIpc) is 3.67. The monoisotopic (exact) mass is 500 g/mol. The first-order chi connectivity index (χ1) is 19.3. The molecule has 39 heavy (non-hydrogen) atoms. The molecule has 0 atom stereocenters. The van der Waals surface area contributed by atoms with E-state index in [-0.39, 0.29) is 0 Å². The molecule has 0 spiro atoms. The average molecular weight is 501 g/mol. The first kappa shape index (κ1) is 20.7. The quantitative estimate of drug-likeness (QED) is 0.237. The van der Waals surface area contributed by atoms with Crippen molar-refractivity contribution in [2.24, 2.45) is 0 Å². The highest BCUT2D eigenvalue weighted by molar-refractivity contribution is 6.15. The summed E-state index contributed by atoms with van der Waals surface area (Å²) in [5.41, 5.74) is 7.52. The molecular weight excluding hydrogens is 480 g/mol. The van der Waals surface area contributed by atoms with Crippen LogP contribution in [-0.4, -0.2) is 9.55 Å². The van der Waals surface area contributed by atoms with Gasteiger partial charge in [-0.25, -0.2) is 4.98 Å². The predicted octanol–water partition coefficient (Wildman–Crippen LogP) is 9.64. The van der Waals surface area contributed by atoms with Gasteiger partial charge in [-0.2, -0.15) is 0 Å². The number of hydrogen-bond donors (Lipinski definition) is 0. The third-order valence-corrected chi connectivity index (χ3v) is 7.80. The van der Waals surface area contributed by atoms with Crippen LogP contribution in [0.5, 0.6) is 0 Å². The number of benzene rings is 6. The molecule has 4 nitrogen and oxygen atoms in total. The highest BCUT2D eigenvalue weighted by Crippen LogP contribution is 2.40. The van der Waals surface area contributed by atoms with Gasteiger partial charge in [-0.3, -0.25) is 0 Å². The maximum Gasteiger partial charge on any atom is 0.227 e. The second-order valence-corrected chi connectivity index (χ2v) is 10.0. The Morgan fingerprint density at radius 2 is 1.31 bits per heavy atom. The number of aromatic nitrogens is 2. The Kier molecular flexibility index (Phi) is 4.02. The van der Waals surface area contributed by atoms with Gasteiger partial charge in [0.1, 0.15) is 11.1 Å². The molecule has 0 bridgehead atoms. The van der Waals surface area contributed by atoms with E-state index in [9.17, 15) is 0 Å². The van der Waals surface area contributed by atoms with Crippen molar-refractivity contribution in [1.29, 1.82) is 0 Å². The largest absolute Gasteiger partial charge is 0.454 e. The second-order valence-electron chi connectivity index (χ2n) is 10.0. The molecule has 0 N–H and O–H groups in total. The van der Waals surface area contributed by atoms with Crippen LogP contribution in [0.2, 0.25) is 0 Å². The fourth-order valence-corrected chi connectivity index (χ4v) is 6.00. The molecule has 0 aliphatic heterocycles. The number of fused-ring (bicyclic) bond motifs is 8. The number of hydrogen-bond acceptors (Lipinski definition) is 3. The van der Waals surface area contributed by atoms with E-state index in [1.54, 1.807) is 0 Å². The summed E-state index contributed by atoms with van der Waals surface area (Å²) in [5, 5.41) is 7.06. The van der Waals surface area contributed by atoms with E-state index in [2.05, 4.69) is 101 Å². The van der Waals surface area contributed by atoms with Gasteiger partial charge in [0.05, 0.1) is 16.7 Å². The lowest BCUT2D eigenvalue weighted by Gasteiger charge is -2.09. The molecule has 3 aromatic heterocycles. The van der Waals surface area contributed by atoms with Crippen LogP contribution in [0.4, 0.5) is 0 Å². The van der Waals surface area contributed by atoms with E-state index in [1.807, 2.05) is 30.3 Å². The molecule has 4 heteroatoms. The Hall–Kier alpha value is -5.35. The molecular formula is C35H20N2O2. The van der Waals surface area contributed by atoms with Crippen LogP contribution in [0.1, 0.15) is 0 Å². The van der Waals surface area contributed by atoms with Crippen molar-refractivity contribution in [3.8, 4) is 17.1 Å². The highest BCUT2D eigenvalue weighted by Gasteiger charge is 2.19. The summed E-state index contributed by atoms with van der Waals surface area (Å²) in [7, 11) is 0. The lowest BCUT2D eigenvalue weighted by atomic mass is 10.1. The van der Waals surface area contributed by atoms with Crippen LogP contribution >= 0.6 is 0 Å². The fourth-order valence-electron chi connectivity index (χ4n) is 6.00. The topological polar surface area (TPSA) is 44.1 Å². The molecule has 9 rings (SSSR count). The van der Waals surface area contributed by atoms with Crippen LogP contribution in [0.25, 0.3) is 82.8 Å². The van der Waals surface area contributed by atoms with Crippen molar-refractivity contribution < 1.29 is 8.83 Å². The zero-order valence-corrected chi connectivity index (χ0v) is 20.8. The highest BCUT2D eigenvalue weighted by atomic mass is 16.3. The second kappa shape index (κ2) is 7.59. The number of rotatable bonds is 2. The molecule has 0 saturated carbocycles. The minimum atomic E-state index is 0.591. The van der Waals surface area contributed by atoms with E-state index in [0.717, 1.165) is 55.3 Å². The van der Waals surface area contributed by atoms with Gasteiger partial charge in [0.15, 0.2) is 11.2 Å². The lowest BCUT2D eigenvalue weighted by Crippen LogP contribution is -1.94. The molecule has 0 fully saturated rings. The molecule has 182 valence electrons. The summed E-state index contributed by atoms with van der Waals surface area (Å²) in [4.78, 5) is 4.68. The third-order valence-electron chi connectivity index (χ3n) is 7.80. The van der Waals surface area contributed by atoms with E-state index in [1.165, 1.54) is 21.5 Å². The molecule has 6 aromatic carbocycles. The van der Waals surface area contributed by atoms with Gasteiger partial charge < -0.3 is 13.4 Å². The van der Waals surface area contributed by atoms with Crippen molar-refractivity contribution in [1.82, 2.24) is 9.55 Å². The van der Waals surface area contributed by atoms with Crippen LogP contribution in [0.3, 0.4) is 0 Å². The van der Waals surface area contributed by atoms with Gasteiger partial charge in [0.25, 0.3) is 0 Å². The Morgan fingerprint density at radius 3 is 2.23 bits per heavy atom. The molecule has 0 aliphatic rings. The van der Waals surface area contributed by atoms with Crippen LogP contribution in [0, 0.1) is 0 Å². The van der Waals surface area contributed by atoms with E-state index < -0.39 is 0 Å². The van der Waals surface area contributed by atoms with Gasteiger partial charge in [-0.05, 0) is 65.4 Å². The van der Waals surface area contributed by atoms with Crippen LogP contribution in [0.15, 0.2) is 130 Å². The van der Waals surface area contributed by atoms with Gasteiger partial charge in [0, 0.05) is 27.1 Å². The Labute approximate surface area is 222 Å². The summed E-state index contributed by atoms with van der Waals surface area (Å²) in [6, 6.07) is 42.1. The van der Waals surface area contributed by atoms with Crippen molar-refractivity contribution in [2.45, 2.75) is 0 Å². The number of para-hydroxylation sites is 4. The lowest BCUT2D eigenvalue weighted by molar-refractivity contribution is 0.619. The van der Waals surface area contributed by atoms with E-state index in [0.29, 0.717) is 5.89 Å². The van der Waals surface area contributed by atoms with E-state index >= 15 is 0 Å². The fraction of sp³-hybridized carbons (Fsp3) is 0. The first-order valence-corrected chi connectivity index (χ1v) is 13.1. The summed E-state index contributed by atoms with van der Waals surface area (Å²) >= 11 is 0. The zero-order valence-electron chi connectivity index (χ0n) is 20.8. The van der Waals surface area contributed by atoms with Crippen LogP contribution in [-0.2, 0) is 0 Å². The number of nitrogens with zero attached hydrogens (tertiary/aromatic N) is 2. The number of oxazole rings is 1. The SMILES string of the molecule is c1ccc2cc3c(cc2c1)c1ccccc1n3-c1cccc2c1oc1cc(-c3nc4ccccc4o3)ccc12. The minimum absolute atomic E-state index is 0.591. The summed E-state index contributed by atoms with van der Waals surface area (Å²) in [6.45, 7) is 0. The Balaban J connectivity index is 1.32. The van der Waals surface area contributed by atoms with Gasteiger partial charge >= 0.3 is 0 Å². The number of furan rings is 1. The normalized spacial score (nSPS) is 12.1. The van der Waals surface area contributed by atoms with Gasteiger partial charge in [0.2, 0.25) is 5.89 Å². The molecule has 0 unspecified atom stereocenters. The maximum atomic E-state index is 6.64. The zero-order chi connectivity index (χ0) is 25.5. The van der Waals surface area contributed by atoms with Gasteiger partial charge in [-0.15, -0.1) is 0 Å². The summed E-state index contributed by atoms with van der Waals surface area (Å²) < 4.78 is 15.0. The molecule has 3 heterocycles.